The van der Waals surface area contributed by atoms with Crippen molar-refractivity contribution < 1.29 is 14.3 Å². The molecule has 2 aliphatic heterocycles. The summed E-state index contributed by atoms with van der Waals surface area (Å²) >= 11 is 0. The fourth-order valence-electron chi connectivity index (χ4n) is 4.36. The molecule has 5 heteroatoms. The predicted octanol–water partition coefficient (Wildman–Crippen LogP) is 5.05. The van der Waals surface area contributed by atoms with Crippen LogP contribution in [0.1, 0.15) is 51.2 Å². The monoisotopic (exact) mass is 432 g/mol. The minimum atomic E-state index is -0.255. The molecule has 0 radical (unpaired) electrons. The Bertz CT molecular complexity index is 1000. The van der Waals surface area contributed by atoms with Crippen LogP contribution < -0.4 is 9.64 Å². The van der Waals surface area contributed by atoms with E-state index < -0.39 is 0 Å². The normalized spacial score (nSPS) is 17.5. The quantitative estimate of drug-likeness (QED) is 0.574. The zero-order chi connectivity index (χ0) is 22.7. The van der Waals surface area contributed by atoms with Gasteiger partial charge in [0.15, 0.2) is 0 Å². The lowest BCUT2D eigenvalue weighted by Gasteiger charge is -2.32. The molecule has 0 bridgehead atoms. The molecule has 5 nitrogen and oxygen atoms in total. The average molecular weight is 433 g/mol. The molecular weight excluding hydrogens is 400 g/mol. The van der Waals surface area contributed by atoms with Gasteiger partial charge in [0.1, 0.15) is 11.4 Å². The molecule has 168 valence electrons. The Morgan fingerprint density at radius 2 is 1.56 bits per heavy atom. The number of rotatable bonds is 7. The molecule has 32 heavy (non-hydrogen) atoms. The van der Waals surface area contributed by atoms with Crippen LogP contribution in [0.15, 0.2) is 54.2 Å². The van der Waals surface area contributed by atoms with E-state index in [0.29, 0.717) is 29.5 Å². The average Bonchev–Trinajstić information content (AvgIpc) is 3.08. The molecule has 0 aliphatic carbocycles. The molecule has 2 amide bonds. The summed E-state index contributed by atoms with van der Waals surface area (Å²) in [5.74, 6) is 0.925. The molecule has 4 rings (SSSR count). The Morgan fingerprint density at radius 3 is 2.16 bits per heavy atom. The van der Waals surface area contributed by atoms with Gasteiger partial charge in [-0.1, -0.05) is 45.0 Å². The van der Waals surface area contributed by atoms with Gasteiger partial charge >= 0.3 is 0 Å². The van der Waals surface area contributed by atoms with E-state index in [1.165, 1.54) is 10.5 Å². The predicted molar refractivity (Wildman–Crippen MR) is 127 cm³/mol. The maximum atomic E-state index is 13.6. The van der Waals surface area contributed by atoms with Crippen molar-refractivity contribution in [1.82, 2.24) is 4.90 Å². The first-order valence-electron chi connectivity index (χ1n) is 11.7. The first-order valence-corrected chi connectivity index (χ1v) is 11.7. The summed E-state index contributed by atoms with van der Waals surface area (Å²) in [6, 6.07) is 15.2. The van der Waals surface area contributed by atoms with Gasteiger partial charge in [-0.3, -0.25) is 9.59 Å². The number of ether oxygens (including phenoxy) is 1. The zero-order valence-electron chi connectivity index (χ0n) is 19.3. The minimum Gasteiger partial charge on any atom is -0.494 e. The van der Waals surface area contributed by atoms with Crippen LogP contribution in [0.25, 0.3) is 5.57 Å². The van der Waals surface area contributed by atoms with Crippen LogP contribution in [-0.4, -0.2) is 36.4 Å². The van der Waals surface area contributed by atoms with E-state index in [0.717, 1.165) is 50.1 Å². The highest BCUT2D eigenvalue weighted by atomic mass is 16.5. The van der Waals surface area contributed by atoms with Gasteiger partial charge in [-0.2, -0.15) is 0 Å². The van der Waals surface area contributed by atoms with Gasteiger partial charge in [-0.25, -0.2) is 4.90 Å². The van der Waals surface area contributed by atoms with Crippen LogP contribution >= 0.6 is 0 Å². The summed E-state index contributed by atoms with van der Waals surface area (Å²) in [5.41, 5.74) is 3.58. The molecule has 1 fully saturated rings. The molecule has 0 spiro atoms. The van der Waals surface area contributed by atoms with E-state index in [4.69, 9.17) is 4.74 Å². The molecule has 0 unspecified atom stereocenters. The van der Waals surface area contributed by atoms with E-state index in [9.17, 15) is 9.59 Å². The summed E-state index contributed by atoms with van der Waals surface area (Å²) in [6.07, 6.45) is 3.89. The van der Waals surface area contributed by atoms with E-state index in [1.54, 1.807) is 0 Å². The third kappa shape index (κ3) is 4.29. The fraction of sp³-hybridized carbons (Fsp3) is 0.407. The van der Waals surface area contributed by atoms with Crippen LogP contribution in [-0.2, 0) is 16.0 Å². The van der Waals surface area contributed by atoms with Gasteiger partial charge in [-0.05, 0) is 67.0 Å². The van der Waals surface area contributed by atoms with E-state index in [2.05, 4.69) is 25.7 Å². The second kappa shape index (κ2) is 9.60. The molecule has 0 saturated carbocycles. The van der Waals surface area contributed by atoms with Gasteiger partial charge in [0.2, 0.25) is 0 Å². The second-order valence-corrected chi connectivity index (χ2v) is 8.73. The van der Waals surface area contributed by atoms with Crippen LogP contribution in [0.4, 0.5) is 5.69 Å². The molecule has 2 aliphatic rings. The van der Waals surface area contributed by atoms with Gasteiger partial charge in [-0.15, -0.1) is 0 Å². The molecule has 0 N–H and O–H groups in total. The van der Waals surface area contributed by atoms with Gasteiger partial charge in [0.05, 0.1) is 17.9 Å². The number of nitrogens with zero attached hydrogens (tertiary/aromatic N) is 2. The third-order valence-corrected chi connectivity index (χ3v) is 6.38. The molecule has 2 aromatic carbocycles. The number of carbonyl (C=O) groups excluding carboxylic acids is 2. The Morgan fingerprint density at radius 1 is 0.906 bits per heavy atom. The first-order chi connectivity index (χ1) is 15.5. The van der Waals surface area contributed by atoms with Gasteiger partial charge in [0, 0.05) is 13.1 Å². The summed E-state index contributed by atoms with van der Waals surface area (Å²) < 4.78 is 5.70. The minimum absolute atomic E-state index is 0.227. The van der Waals surface area contributed by atoms with Crippen molar-refractivity contribution in [2.45, 2.75) is 46.5 Å². The smallest absolute Gasteiger partial charge is 0.282 e. The zero-order valence-corrected chi connectivity index (χ0v) is 19.3. The van der Waals surface area contributed by atoms with Crippen LogP contribution in [0, 0.1) is 5.92 Å². The van der Waals surface area contributed by atoms with Gasteiger partial charge < -0.3 is 9.64 Å². The van der Waals surface area contributed by atoms with E-state index in [1.807, 2.05) is 48.5 Å². The van der Waals surface area contributed by atoms with Crippen molar-refractivity contribution >= 4 is 23.1 Å². The highest BCUT2D eigenvalue weighted by molar-refractivity contribution is 6.45. The lowest BCUT2D eigenvalue weighted by atomic mass is 9.97. The van der Waals surface area contributed by atoms with Crippen LogP contribution in [0.5, 0.6) is 5.75 Å². The lowest BCUT2D eigenvalue weighted by Crippen LogP contribution is -2.38. The lowest BCUT2D eigenvalue weighted by molar-refractivity contribution is -0.120. The molecule has 0 atom stereocenters. The van der Waals surface area contributed by atoms with E-state index in [-0.39, 0.29) is 11.8 Å². The number of piperidine rings is 1. The largest absolute Gasteiger partial charge is 0.494 e. The number of likely N-dealkylation sites (tertiary alicyclic amines) is 1. The fourth-order valence-corrected chi connectivity index (χ4v) is 4.36. The highest BCUT2D eigenvalue weighted by Gasteiger charge is 2.42. The summed E-state index contributed by atoms with van der Waals surface area (Å²) in [4.78, 5) is 30.7. The number of hydrogen-bond acceptors (Lipinski definition) is 4. The number of benzene rings is 2. The van der Waals surface area contributed by atoms with Crippen molar-refractivity contribution in [3.8, 4) is 5.75 Å². The standard InChI is InChI=1S/C27H32N2O3/c1-4-18-32-23-12-8-21(9-13-23)24-25(28-16-14-19(3)15-17-28)27(31)29(26(24)30)22-10-6-20(5-2)7-11-22/h6-13,19H,4-5,14-18H2,1-3H3. The van der Waals surface area contributed by atoms with Crippen molar-refractivity contribution in [3.05, 3.63) is 65.4 Å². The van der Waals surface area contributed by atoms with Crippen molar-refractivity contribution in [3.63, 3.8) is 0 Å². The number of aryl methyl sites for hydroxylation is 1. The summed E-state index contributed by atoms with van der Waals surface area (Å²) in [5, 5.41) is 0. The maximum absolute atomic E-state index is 13.6. The number of imide groups is 1. The Hall–Kier alpha value is -3.08. The number of anilines is 1. The van der Waals surface area contributed by atoms with Crippen molar-refractivity contribution in [1.29, 1.82) is 0 Å². The molecular formula is C27H32N2O3. The SMILES string of the molecule is CCCOc1ccc(C2=C(N3CCC(C)CC3)C(=O)N(c3ccc(CC)cc3)C2=O)cc1. The highest BCUT2D eigenvalue weighted by Crippen LogP contribution is 2.37. The summed E-state index contributed by atoms with van der Waals surface area (Å²) in [7, 11) is 0. The maximum Gasteiger partial charge on any atom is 0.282 e. The van der Waals surface area contributed by atoms with Crippen molar-refractivity contribution in [2.75, 3.05) is 24.6 Å². The molecule has 1 saturated heterocycles. The Kier molecular flexibility index (Phi) is 6.63. The molecule has 0 aromatic heterocycles. The second-order valence-electron chi connectivity index (χ2n) is 8.73. The van der Waals surface area contributed by atoms with Crippen LogP contribution in [0.3, 0.4) is 0 Å². The molecule has 2 aromatic rings. The summed E-state index contributed by atoms with van der Waals surface area (Å²) in [6.45, 7) is 8.63. The van der Waals surface area contributed by atoms with Crippen molar-refractivity contribution in [2.24, 2.45) is 5.92 Å². The topological polar surface area (TPSA) is 49.9 Å². The van der Waals surface area contributed by atoms with Crippen LogP contribution in [0.2, 0.25) is 0 Å². The number of hydrogen-bond donors (Lipinski definition) is 0. The number of amides is 2. The Labute approximate surface area is 190 Å². The van der Waals surface area contributed by atoms with Gasteiger partial charge in [0.25, 0.3) is 11.8 Å². The third-order valence-electron chi connectivity index (χ3n) is 6.38. The molecule has 2 heterocycles. The number of carbonyl (C=O) groups is 2. The first kappa shape index (κ1) is 22.1. The Balaban J connectivity index is 1.72. The van der Waals surface area contributed by atoms with E-state index >= 15 is 0 Å².